The highest BCUT2D eigenvalue weighted by molar-refractivity contribution is 5.78. The molecule has 0 atom stereocenters. The maximum Gasteiger partial charge on any atom is 0.326 e. The van der Waals surface area contributed by atoms with Gasteiger partial charge in [0.05, 0.1) is 11.0 Å². The third-order valence-corrected chi connectivity index (χ3v) is 3.61. The van der Waals surface area contributed by atoms with Crippen LogP contribution in [0.1, 0.15) is 37.7 Å². The molecular formula is C15H22N2O2. The van der Waals surface area contributed by atoms with Crippen molar-refractivity contribution in [3.8, 4) is 0 Å². The van der Waals surface area contributed by atoms with Crippen molar-refractivity contribution in [3.63, 3.8) is 0 Å². The number of rotatable bonds is 7. The monoisotopic (exact) mass is 262 g/mol. The van der Waals surface area contributed by atoms with Crippen molar-refractivity contribution in [2.24, 2.45) is 7.05 Å². The molecule has 2 rings (SSSR count). The number of para-hydroxylation sites is 1. The molecule has 1 aromatic carbocycles. The number of hydrogen-bond acceptors (Lipinski definition) is 2. The van der Waals surface area contributed by atoms with Crippen molar-refractivity contribution in [1.29, 1.82) is 0 Å². The number of H-pyrrole nitrogens is 1. The van der Waals surface area contributed by atoms with Crippen LogP contribution in [-0.4, -0.2) is 21.3 Å². The molecule has 0 amide bonds. The van der Waals surface area contributed by atoms with Gasteiger partial charge in [-0.1, -0.05) is 31.4 Å². The highest BCUT2D eigenvalue weighted by Gasteiger charge is 2.07. The van der Waals surface area contributed by atoms with E-state index in [1.54, 1.807) is 4.57 Å². The average Bonchev–Trinajstić information content (AvgIpc) is 2.70. The number of nitrogens with one attached hydrogen (secondary N) is 1. The summed E-state index contributed by atoms with van der Waals surface area (Å²) in [6, 6.07) is 6.05. The summed E-state index contributed by atoms with van der Waals surface area (Å²) in [6.45, 7) is 0.296. The number of aliphatic hydroxyl groups excluding tert-OH is 1. The van der Waals surface area contributed by atoms with Gasteiger partial charge in [0, 0.05) is 13.7 Å². The second-order valence-electron chi connectivity index (χ2n) is 5.04. The standard InChI is InChI=1S/C15H22N2O2/c1-17-14-12(8-5-3-2-4-6-11-18)9-7-10-13(14)16-15(17)19/h7,9-10,18H,2-6,8,11H2,1H3,(H,16,19). The van der Waals surface area contributed by atoms with Crippen molar-refractivity contribution in [2.75, 3.05) is 6.61 Å². The van der Waals surface area contributed by atoms with Crippen LogP contribution in [0.4, 0.5) is 0 Å². The molecule has 0 fully saturated rings. The minimum atomic E-state index is -0.0506. The summed E-state index contributed by atoms with van der Waals surface area (Å²) in [5.74, 6) is 0. The summed E-state index contributed by atoms with van der Waals surface area (Å²) in [7, 11) is 1.81. The van der Waals surface area contributed by atoms with E-state index >= 15 is 0 Å². The van der Waals surface area contributed by atoms with Crippen LogP contribution in [0.25, 0.3) is 11.0 Å². The zero-order valence-electron chi connectivity index (χ0n) is 11.5. The number of aryl methyl sites for hydroxylation is 2. The van der Waals surface area contributed by atoms with E-state index in [2.05, 4.69) is 11.1 Å². The molecule has 1 aromatic heterocycles. The largest absolute Gasteiger partial charge is 0.396 e. The van der Waals surface area contributed by atoms with Gasteiger partial charge in [0.2, 0.25) is 0 Å². The third kappa shape index (κ3) is 3.26. The van der Waals surface area contributed by atoms with Crippen molar-refractivity contribution >= 4 is 11.0 Å². The van der Waals surface area contributed by atoms with E-state index in [0.29, 0.717) is 6.61 Å². The maximum absolute atomic E-state index is 11.6. The lowest BCUT2D eigenvalue weighted by Gasteiger charge is -2.05. The van der Waals surface area contributed by atoms with Crippen LogP contribution >= 0.6 is 0 Å². The first-order valence-corrected chi connectivity index (χ1v) is 7.01. The van der Waals surface area contributed by atoms with Gasteiger partial charge in [0.25, 0.3) is 0 Å². The summed E-state index contributed by atoms with van der Waals surface area (Å²) in [4.78, 5) is 14.5. The van der Waals surface area contributed by atoms with E-state index in [4.69, 9.17) is 5.11 Å². The molecule has 0 aliphatic carbocycles. The van der Waals surface area contributed by atoms with Gasteiger partial charge in [-0.2, -0.15) is 0 Å². The molecule has 2 aromatic rings. The zero-order valence-corrected chi connectivity index (χ0v) is 11.5. The molecule has 0 spiro atoms. The van der Waals surface area contributed by atoms with E-state index in [-0.39, 0.29) is 5.69 Å². The van der Waals surface area contributed by atoms with E-state index in [1.807, 2.05) is 19.2 Å². The highest BCUT2D eigenvalue weighted by atomic mass is 16.2. The Bertz CT molecular complexity index is 583. The van der Waals surface area contributed by atoms with Crippen LogP contribution in [0.2, 0.25) is 0 Å². The molecule has 2 N–H and O–H groups in total. The SMILES string of the molecule is Cn1c(=O)[nH]c2cccc(CCCCCCCO)c21. The summed E-state index contributed by atoms with van der Waals surface area (Å²) >= 11 is 0. The number of benzene rings is 1. The number of nitrogens with zero attached hydrogens (tertiary/aromatic N) is 1. The number of unbranched alkanes of at least 4 members (excludes halogenated alkanes) is 4. The van der Waals surface area contributed by atoms with Gasteiger partial charge in [-0.25, -0.2) is 4.79 Å². The Morgan fingerprint density at radius 1 is 1.16 bits per heavy atom. The topological polar surface area (TPSA) is 58.0 Å². The van der Waals surface area contributed by atoms with E-state index in [9.17, 15) is 4.79 Å². The van der Waals surface area contributed by atoms with Gasteiger partial charge in [-0.05, 0) is 30.9 Å². The summed E-state index contributed by atoms with van der Waals surface area (Å²) < 4.78 is 1.69. The van der Waals surface area contributed by atoms with E-state index < -0.39 is 0 Å². The van der Waals surface area contributed by atoms with Crippen molar-refractivity contribution in [1.82, 2.24) is 9.55 Å². The number of hydrogen-bond donors (Lipinski definition) is 2. The Morgan fingerprint density at radius 3 is 2.68 bits per heavy atom. The third-order valence-electron chi connectivity index (χ3n) is 3.61. The number of fused-ring (bicyclic) bond motifs is 1. The molecule has 0 saturated carbocycles. The summed E-state index contributed by atoms with van der Waals surface area (Å²) in [6.07, 6.45) is 6.48. The first kappa shape index (κ1) is 13.9. The van der Waals surface area contributed by atoms with Gasteiger partial charge < -0.3 is 10.1 Å². The molecule has 19 heavy (non-hydrogen) atoms. The van der Waals surface area contributed by atoms with Gasteiger partial charge >= 0.3 is 5.69 Å². The second-order valence-corrected chi connectivity index (χ2v) is 5.04. The number of aliphatic hydroxyl groups is 1. The minimum absolute atomic E-state index is 0.0506. The molecule has 0 aliphatic heterocycles. The summed E-state index contributed by atoms with van der Waals surface area (Å²) in [5, 5.41) is 8.72. The minimum Gasteiger partial charge on any atom is -0.396 e. The molecule has 4 nitrogen and oxygen atoms in total. The van der Waals surface area contributed by atoms with Crippen LogP contribution in [0.15, 0.2) is 23.0 Å². The van der Waals surface area contributed by atoms with E-state index in [1.165, 1.54) is 18.4 Å². The average molecular weight is 262 g/mol. The Morgan fingerprint density at radius 2 is 1.89 bits per heavy atom. The predicted molar refractivity (Wildman–Crippen MR) is 77.4 cm³/mol. The molecule has 0 aliphatic rings. The van der Waals surface area contributed by atoms with Crippen molar-refractivity contribution in [3.05, 3.63) is 34.2 Å². The molecule has 0 unspecified atom stereocenters. The fraction of sp³-hybridized carbons (Fsp3) is 0.533. The van der Waals surface area contributed by atoms with Crippen LogP contribution in [0.5, 0.6) is 0 Å². The Kier molecular flexibility index (Phi) is 4.80. The number of imidazole rings is 1. The first-order chi connectivity index (χ1) is 9.24. The fourth-order valence-corrected chi connectivity index (χ4v) is 2.55. The van der Waals surface area contributed by atoms with Crippen molar-refractivity contribution in [2.45, 2.75) is 38.5 Å². The van der Waals surface area contributed by atoms with Gasteiger partial charge in [0.15, 0.2) is 0 Å². The quantitative estimate of drug-likeness (QED) is 0.752. The smallest absolute Gasteiger partial charge is 0.326 e. The van der Waals surface area contributed by atoms with Gasteiger partial charge in [-0.3, -0.25) is 4.57 Å². The van der Waals surface area contributed by atoms with Gasteiger partial charge in [-0.15, -0.1) is 0 Å². The van der Waals surface area contributed by atoms with Crippen LogP contribution in [-0.2, 0) is 13.5 Å². The van der Waals surface area contributed by atoms with Crippen LogP contribution < -0.4 is 5.69 Å². The molecule has 0 bridgehead atoms. The molecule has 104 valence electrons. The molecular weight excluding hydrogens is 240 g/mol. The lowest BCUT2D eigenvalue weighted by atomic mass is 10.0. The summed E-state index contributed by atoms with van der Waals surface area (Å²) in [5.41, 5.74) is 3.14. The maximum atomic E-state index is 11.6. The van der Waals surface area contributed by atoms with Gasteiger partial charge in [0.1, 0.15) is 0 Å². The lowest BCUT2D eigenvalue weighted by molar-refractivity contribution is 0.282. The first-order valence-electron chi connectivity index (χ1n) is 7.01. The van der Waals surface area contributed by atoms with E-state index in [0.717, 1.165) is 36.7 Å². The van der Waals surface area contributed by atoms with Crippen molar-refractivity contribution < 1.29 is 5.11 Å². The predicted octanol–water partition coefficient (Wildman–Crippen LogP) is 2.35. The lowest BCUT2D eigenvalue weighted by Crippen LogP contribution is -2.12. The molecule has 0 radical (unpaired) electrons. The number of aromatic nitrogens is 2. The molecule has 0 saturated heterocycles. The normalized spacial score (nSPS) is 11.3. The van der Waals surface area contributed by atoms with Crippen LogP contribution in [0.3, 0.4) is 0 Å². The molecule has 4 heteroatoms. The molecule has 1 heterocycles. The Balaban J connectivity index is 1.99. The zero-order chi connectivity index (χ0) is 13.7. The Hall–Kier alpha value is -1.55. The highest BCUT2D eigenvalue weighted by Crippen LogP contribution is 2.18. The van der Waals surface area contributed by atoms with Crippen LogP contribution in [0, 0.1) is 0 Å². The Labute approximate surface area is 113 Å². The fourth-order valence-electron chi connectivity index (χ4n) is 2.55. The second kappa shape index (κ2) is 6.57. The number of aromatic amines is 1.